The van der Waals surface area contributed by atoms with Gasteiger partial charge in [-0.3, -0.25) is 19.2 Å². The number of rotatable bonds is 9. The molecule has 0 radical (unpaired) electrons. The molecule has 254 valence electrons. The second kappa shape index (κ2) is 12.4. The smallest absolute Gasteiger partial charge is 0.387 e. The molecular formula is C31H31ClF4N7O5+. The molecule has 0 bridgehead atoms. The molecule has 1 aromatic heterocycles. The number of likely N-dealkylation sites (N-methyl/N-ethyl adjacent to an activating group) is 1. The van der Waals surface area contributed by atoms with Gasteiger partial charge in [0.05, 0.1) is 42.0 Å². The highest BCUT2D eigenvalue weighted by atomic mass is 35.5. The molecule has 3 fully saturated rings. The number of amides is 4. The van der Waals surface area contributed by atoms with Crippen LogP contribution in [-0.4, -0.2) is 106 Å². The monoisotopic (exact) mass is 692 g/mol. The van der Waals surface area contributed by atoms with Crippen LogP contribution in [0.1, 0.15) is 21.0 Å². The topological polar surface area (TPSA) is 140 Å². The fourth-order valence-electron chi connectivity index (χ4n) is 7.00. The summed E-state index contributed by atoms with van der Waals surface area (Å²) in [4.78, 5) is 58.2. The average Bonchev–Trinajstić information content (AvgIpc) is 3.52. The van der Waals surface area contributed by atoms with E-state index in [0.29, 0.717) is 30.7 Å². The van der Waals surface area contributed by atoms with E-state index in [9.17, 15) is 36.7 Å². The molecule has 6 rings (SSSR count). The first kappa shape index (κ1) is 33.2. The number of quaternary nitrogens is 1. The van der Waals surface area contributed by atoms with Crippen LogP contribution in [0.15, 0.2) is 36.5 Å². The van der Waals surface area contributed by atoms with E-state index in [1.807, 2.05) is 7.05 Å². The average molecular weight is 693 g/mol. The van der Waals surface area contributed by atoms with Crippen molar-refractivity contribution in [1.82, 2.24) is 19.4 Å². The molecule has 3 aliphatic rings. The Morgan fingerprint density at radius 3 is 2.42 bits per heavy atom. The number of piperazine rings is 1. The van der Waals surface area contributed by atoms with Crippen molar-refractivity contribution in [3.8, 4) is 17.0 Å². The number of likely N-dealkylation sites (tertiary alicyclic amines) is 1. The van der Waals surface area contributed by atoms with Crippen LogP contribution >= 0.6 is 11.6 Å². The summed E-state index contributed by atoms with van der Waals surface area (Å²) in [5, 5.41) is 2.67. The summed E-state index contributed by atoms with van der Waals surface area (Å²) >= 11 is 6.44. The van der Waals surface area contributed by atoms with Gasteiger partial charge in [0.1, 0.15) is 12.0 Å². The first-order valence-electron chi connectivity index (χ1n) is 15.0. The van der Waals surface area contributed by atoms with Gasteiger partial charge >= 0.3 is 6.61 Å². The maximum Gasteiger partial charge on any atom is 0.387 e. The van der Waals surface area contributed by atoms with Crippen molar-refractivity contribution < 1.29 is 46.0 Å². The minimum atomic E-state index is -3.34. The highest BCUT2D eigenvalue weighted by Gasteiger charge is 2.75. The van der Waals surface area contributed by atoms with Gasteiger partial charge in [0.2, 0.25) is 11.7 Å². The predicted octanol–water partition coefficient (Wildman–Crippen LogP) is 2.72. The summed E-state index contributed by atoms with van der Waals surface area (Å²) in [6.07, 6.45) is 1.12. The lowest BCUT2D eigenvalue weighted by atomic mass is 10.1. The predicted molar refractivity (Wildman–Crippen MR) is 163 cm³/mol. The normalized spacial score (nSPS) is 23.0. The molecule has 1 aliphatic carbocycles. The van der Waals surface area contributed by atoms with Crippen LogP contribution in [0.2, 0.25) is 5.02 Å². The van der Waals surface area contributed by atoms with Crippen molar-refractivity contribution >= 4 is 40.9 Å². The molecular weight excluding hydrogens is 662 g/mol. The van der Waals surface area contributed by atoms with Gasteiger partial charge in [0.25, 0.3) is 17.7 Å². The number of carbonyl (C=O) groups is 4. The van der Waals surface area contributed by atoms with Crippen LogP contribution in [0.5, 0.6) is 5.75 Å². The summed E-state index contributed by atoms with van der Waals surface area (Å²) < 4.78 is 59.6. The number of aromatic nitrogens is 2. The van der Waals surface area contributed by atoms with Crippen molar-refractivity contribution in [3.63, 3.8) is 0 Å². The Bertz CT molecular complexity index is 1830. The highest BCUT2D eigenvalue weighted by molar-refractivity contribution is 6.34. The Morgan fingerprint density at radius 2 is 1.77 bits per heavy atom. The lowest BCUT2D eigenvalue weighted by Gasteiger charge is -2.40. The summed E-state index contributed by atoms with van der Waals surface area (Å²) in [6, 6.07) is 6.31. The fourth-order valence-corrected chi connectivity index (χ4v) is 7.26. The lowest BCUT2D eigenvalue weighted by molar-refractivity contribution is -0.946. The van der Waals surface area contributed by atoms with Crippen LogP contribution in [0, 0.1) is 23.5 Å². The summed E-state index contributed by atoms with van der Waals surface area (Å²) in [5.74, 6) is -5.50. The van der Waals surface area contributed by atoms with E-state index in [0.717, 1.165) is 24.9 Å². The minimum Gasteiger partial charge on any atom is -0.432 e. The van der Waals surface area contributed by atoms with Gasteiger partial charge in [-0.15, -0.1) is 0 Å². The first-order chi connectivity index (χ1) is 22.7. The molecule has 17 heteroatoms. The van der Waals surface area contributed by atoms with E-state index in [4.69, 9.17) is 17.3 Å². The fraction of sp³-hybridized carbons (Fsp3) is 0.387. The Morgan fingerprint density at radius 1 is 1.08 bits per heavy atom. The van der Waals surface area contributed by atoms with E-state index < -0.39 is 29.9 Å². The number of nitrogens with two attached hydrogens (primary N) is 1. The van der Waals surface area contributed by atoms with E-state index in [-0.39, 0.29) is 75.5 Å². The molecule has 12 nitrogen and oxygen atoms in total. The second-order valence-corrected chi connectivity index (χ2v) is 12.8. The summed E-state index contributed by atoms with van der Waals surface area (Å²) in [7, 11) is 3.33. The number of fused-ring (bicyclic) bond motifs is 1. The third-order valence-corrected chi connectivity index (χ3v) is 9.66. The largest absolute Gasteiger partial charge is 0.432 e. The third-order valence-electron chi connectivity index (χ3n) is 9.34. The van der Waals surface area contributed by atoms with Gasteiger partial charge in [0, 0.05) is 44.5 Å². The Hall–Kier alpha value is -4.70. The van der Waals surface area contributed by atoms with Gasteiger partial charge in [-0.05, 0) is 30.3 Å². The zero-order chi connectivity index (χ0) is 34.7. The molecule has 1 saturated carbocycles. The Balaban J connectivity index is 1.06. The molecule has 0 spiro atoms. The SMILES string of the molecule is Cn1c(-c2ccc(OC(F)F)c(F)c2F)cnc1C(=O)Nc1ccc(C(=O)N2CCN(C(=O)[C@@H]3[C@H]4C[N+](C)(CC(N)=O)[C@H]43)CC2)c(Cl)c1. The lowest BCUT2D eigenvalue weighted by Crippen LogP contribution is -2.59. The van der Waals surface area contributed by atoms with Gasteiger partial charge in [-0.1, -0.05) is 11.6 Å². The summed E-state index contributed by atoms with van der Waals surface area (Å²) in [6.45, 7) is -1.04. The van der Waals surface area contributed by atoms with Crippen LogP contribution in [-0.2, 0) is 16.6 Å². The molecule has 3 heterocycles. The van der Waals surface area contributed by atoms with Gasteiger partial charge < -0.3 is 34.6 Å². The van der Waals surface area contributed by atoms with E-state index >= 15 is 0 Å². The number of imidazole rings is 1. The number of primary amides is 1. The number of alkyl halides is 2. The van der Waals surface area contributed by atoms with Crippen LogP contribution < -0.4 is 15.8 Å². The zero-order valence-electron chi connectivity index (χ0n) is 25.8. The van der Waals surface area contributed by atoms with Crippen molar-refractivity contribution in [1.29, 1.82) is 0 Å². The van der Waals surface area contributed by atoms with Crippen molar-refractivity contribution in [2.24, 2.45) is 24.6 Å². The van der Waals surface area contributed by atoms with Crippen LogP contribution in [0.3, 0.4) is 0 Å². The molecule has 1 unspecified atom stereocenters. The quantitative estimate of drug-likeness (QED) is 0.261. The van der Waals surface area contributed by atoms with Crippen LogP contribution in [0.4, 0.5) is 23.2 Å². The van der Waals surface area contributed by atoms with Gasteiger partial charge in [-0.2, -0.15) is 13.2 Å². The number of hydrogen-bond acceptors (Lipinski definition) is 6. The molecule has 48 heavy (non-hydrogen) atoms. The number of benzene rings is 2. The second-order valence-electron chi connectivity index (χ2n) is 12.4. The van der Waals surface area contributed by atoms with E-state index in [1.165, 1.54) is 29.8 Å². The zero-order valence-corrected chi connectivity index (χ0v) is 26.5. The Labute approximate surface area is 276 Å². The maximum absolute atomic E-state index is 14.7. The number of anilines is 1. The summed E-state index contributed by atoms with van der Waals surface area (Å²) in [5.41, 5.74) is 5.47. The van der Waals surface area contributed by atoms with Gasteiger partial charge in [-0.25, -0.2) is 9.37 Å². The van der Waals surface area contributed by atoms with E-state index in [1.54, 1.807) is 9.80 Å². The number of hydrogen-bond donors (Lipinski definition) is 2. The number of ether oxygens (including phenoxy) is 1. The first-order valence-corrected chi connectivity index (χ1v) is 15.3. The number of carbonyl (C=O) groups excluding carboxylic acids is 4. The number of halogens is 5. The highest BCUT2D eigenvalue weighted by Crippen LogP contribution is 2.57. The minimum absolute atomic E-state index is 0.00821. The molecule has 3 N–H and O–H groups in total. The Kier molecular flexibility index (Phi) is 8.57. The molecule has 4 atom stereocenters. The third kappa shape index (κ3) is 5.94. The molecule has 3 aromatic rings. The molecule has 2 aromatic carbocycles. The molecule has 4 amide bonds. The maximum atomic E-state index is 14.7. The van der Waals surface area contributed by atoms with Crippen molar-refractivity contribution in [3.05, 3.63) is 64.6 Å². The molecule has 2 saturated heterocycles. The number of nitrogens with one attached hydrogen (secondary N) is 1. The van der Waals surface area contributed by atoms with Crippen LogP contribution in [0.25, 0.3) is 11.3 Å². The molecule has 2 aliphatic heterocycles. The van der Waals surface area contributed by atoms with E-state index in [2.05, 4.69) is 15.0 Å². The van der Waals surface area contributed by atoms with Gasteiger partial charge in [0.15, 0.2) is 23.9 Å². The number of nitrogens with zero attached hydrogens (tertiary/aromatic N) is 5. The standard InChI is InChI=1S/C31H30ClF4N7O5/c1-40-20(17-5-6-21(48-31(35)36)25(34)24(17)33)12-38-27(40)28(45)39-15-3-4-16(19(32)11-15)29(46)41-7-9-42(10-8-41)30(47)23-18-13-43(2,26(18)23)14-22(37)44/h3-6,11-12,18,23,26,31H,7-10,13-14H2,1-2H3,(H2-,37,39,44,45,46)/p+1/t18-,23-,26-,43?/m1/s1. The van der Waals surface area contributed by atoms with Crippen molar-refractivity contribution in [2.45, 2.75) is 12.7 Å². The van der Waals surface area contributed by atoms with Crippen molar-refractivity contribution in [2.75, 3.05) is 51.6 Å².